The molecule has 0 saturated heterocycles. The van der Waals surface area contributed by atoms with Gasteiger partial charge in [0.1, 0.15) is 0 Å². The molecular formula is C35H37ClN6S2. The number of aromatic nitrogens is 4. The quantitative estimate of drug-likeness (QED) is 0.172. The zero-order chi connectivity index (χ0) is 31.3. The molecule has 0 fully saturated rings. The van der Waals surface area contributed by atoms with Crippen molar-refractivity contribution in [3.05, 3.63) is 108 Å². The lowest BCUT2D eigenvalue weighted by atomic mass is 10.0. The van der Waals surface area contributed by atoms with Gasteiger partial charge in [-0.1, -0.05) is 91.4 Å². The fourth-order valence-electron chi connectivity index (χ4n) is 4.35. The van der Waals surface area contributed by atoms with Gasteiger partial charge in [0.25, 0.3) is 0 Å². The highest BCUT2D eigenvalue weighted by atomic mass is 35.5. The number of nitrogens with zero attached hydrogens (tertiary/aromatic N) is 4. The Bertz CT molecular complexity index is 1760. The Morgan fingerprint density at radius 3 is 1.95 bits per heavy atom. The van der Waals surface area contributed by atoms with Gasteiger partial charge >= 0.3 is 0 Å². The average Bonchev–Trinajstić information content (AvgIpc) is 3.76. The molecule has 2 aromatic carbocycles. The van der Waals surface area contributed by atoms with Crippen molar-refractivity contribution in [3.63, 3.8) is 0 Å². The number of aryl methyl sites for hydroxylation is 1. The third kappa shape index (κ3) is 8.29. The van der Waals surface area contributed by atoms with Crippen molar-refractivity contribution < 1.29 is 0 Å². The molecule has 4 aromatic heterocycles. The molecule has 0 unspecified atom stereocenters. The van der Waals surface area contributed by atoms with Crippen LogP contribution in [0.4, 0.5) is 10.3 Å². The summed E-state index contributed by atoms with van der Waals surface area (Å²) in [4.78, 5) is 20.1. The average molecular weight is 641 g/mol. The first-order chi connectivity index (χ1) is 21.6. The summed E-state index contributed by atoms with van der Waals surface area (Å²) in [6.45, 7) is 9.18. The molecule has 4 heterocycles. The van der Waals surface area contributed by atoms with Gasteiger partial charge in [-0.3, -0.25) is 9.97 Å². The number of rotatable bonds is 8. The number of nitrogens with one attached hydrogen (secondary N) is 2. The summed E-state index contributed by atoms with van der Waals surface area (Å²) in [5, 5.41) is 8.96. The zero-order valence-electron chi connectivity index (χ0n) is 25.6. The predicted octanol–water partition coefficient (Wildman–Crippen LogP) is 10.6. The highest BCUT2D eigenvalue weighted by Gasteiger charge is 2.13. The summed E-state index contributed by atoms with van der Waals surface area (Å²) >= 11 is 9.39. The first-order valence-corrected chi connectivity index (χ1v) is 16.6. The maximum absolute atomic E-state index is 6.11. The molecule has 0 aliphatic heterocycles. The number of benzene rings is 2. The Kier molecular flexibility index (Phi) is 12.4. The van der Waals surface area contributed by atoms with Crippen molar-refractivity contribution in [3.8, 4) is 43.4 Å². The van der Waals surface area contributed by atoms with Crippen LogP contribution in [0, 0.1) is 6.92 Å². The van der Waals surface area contributed by atoms with Crippen LogP contribution >= 0.6 is 34.3 Å². The Balaban J connectivity index is 0.000000191. The minimum absolute atomic E-state index is 0.712. The first kappa shape index (κ1) is 32.8. The summed E-state index contributed by atoms with van der Waals surface area (Å²) in [5.74, 6) is 0. The van der Waals surface area contributed by atoms with Gasteiger partial charge in [0.15, 0.2) is 10.3 Å². The molecule has 226 valence electrons. The van der Waals surface area contributed by atoms with E-state index in [1.165, 1.54) is 11.1 Å². The summed E-state index contributed by atoms with van der Waals surface area (Å²) in [6, 6.07) is 24.2. The summed E-state index contributed by atoms with van der Waals surface area (Å²) < 4.78 is 0. The molecule has 6 rings (SSSR count). The van der Waals surface area contributed by atoms with Crippen molar-refractivity contribution in [2.24, 2.45) is 0 Å². The van der Waals surface area contributed by atoms with Gasteiger partial charge in [0, 0.05) is 65.7 Å². The van der Waals surface area contributed by atoms with Crippen LogP contribution in [-0.4, -0.2) is 33.5 Å². The Hall–Kier alpha value is -4.11. The summed E-state index contributed by atoms with van der Waals surface area (Å²) in [7, 11) is 1.88. The van der Waals surface area contributed by atoms with Crippen LogP contribution in [0.3, 0.4) is 0 Å². The molecule has 2 N–H and O–H groups in total. The highest BCUT2D eigenvalue weighted by Crippen LogP contribution is 2.37. The fourth-order valence-corrected chi connectivity index (χ4v) is 6.21. The minimum Gasteiger partial charge on any atom is -0.365 e. The van der Waals surface area contributed by atoms with Gasteiger partial charge in [-0.25, -0.2) is 9.97 Å². The second-order valence-electron chi connectivity index (χ2n) is 9.36. The van der Waals surface area contributed by atoms with Crippen LogP contribution in [0.5, 0.6) is 0 Å². The van der Waals surface area contributed by atoms with Crippen molar-refractivity contribution >= 4 is 44.5 Å². The Labute approximate surface area is 273 Å². The SMILES string of the molecule is CC.CCCNc1ncc(-c2cccnc2-c2cccc(Cl)c2)s1.CNc1ncc(-c2cccnc2-c2ccccc2C)s1. The van der Waals surface area contributed by atoms with Crippen LogP contribution in [0.15, 0.2) is 97.6 Å². The van der Waals surface area contributed by atoms with E-state index in [0.717, 1.165) is 61.1 Å². The maximum atomic E-state index is 6.11. The van der Waals surface area contributed by atoms with Gasteiger partial charge in [-0.2, -0.15) is 0 Å². The van der Waals surface area contributed by atoms with E-state index >= 15 is 0 Å². The van der Waals surface area contributed by atoms with E-state index in [9.17, 15) is 0 Å². The molecule has 6 aromatic rings. The number of halogens is 1. The third-order valence-corrected chi connectivity index (χ3v) is 8.67. The molecule has 0 atom stereocenters. The molecule has 0 amide bonds. The lowest BCUT2D eigenvalue weighted by Gasteiger charge is -2.09. The topological polar surface area (TPSA) is 75.6 Å². The number of pyridine rings is 2. The number of thiazole rings is 2. The second-order valence-corrected chi connectivity index (χ2v) is 11.9. The Morgan fingerprint density at radius 1 is 0.705 bits per heavy atom. The molecule has 0 spiro atoms. The van der Waals surface area contributed by atoms with Gasteiger partial charge in [0.05, 0.1) is 21.1 Å². The van der Waals surface area contributed by atoms with Crippen molar-refractivity contribution in [2.45, 2.75) is 34.1 Å². The molecule has 44 heavy (non-hydrogen) atoms. The second kappa shape index (κ2) is 16.7. The van der Waals surface area contributed by atoms with Crippen molar-refractivity contribution in [1.29, 1.82) is 0 Å². The largest absolute Gasteiger partial charge is 0.365 e. The monoisotopic (exact) mass is 640 g/mol. The smallest absolute Gasteiger partial charge is 0.183 e. The van der Waals surface area contributed by atoms with E-state index < -0.39 is 0 Å². The molecule has 0 radical (unpaired) electrons. The minimum atomic E-state index is 0.712. The van der Waals surface area contributed by atoms with E-state index in [4.69, 9.17) is 11.6 Å². The third-order valence-electron chi connectivity index (χ3n) is 6.40. The lowest BCUT2D eigenvalue weighted by Crippen LogP contribution is -1.97. The Morgan fingerprint density at radius 2 is 1.32 bits per heavy atom. The van der Waals surface area contributed by atoms with Crippen LogP contribution in [-0.2, 0) is 0 Å². The van der Waals surface area contributed by atoms with Crippen LogP contribution < -0.4 is 10.6 Å². The number of hydrogen-bond acceptors (Lipinski definition) is 8. The summed E-state index contributed by atoms with van der Waals surface area (Å²) in [6.07, 6.45) is 8.51. The molecule has 0 aliphatic carbocycles. The number of anilines is 2. The standard InChI is InChI=1S/C17H16ClN3S.C16H15N3S.C2H6/c1-2-8-20-17-21-11-15(22-17)14-7-4-9-19-16(14)12-5-3-6-13(18)10-12;1-11-6-3-4-7-12(11)15-13(8-5-9-18-15)14-10-19-16(17-2)20-14;1-2/h3-7,9-11H,2,8H2,1H3,(H,20,21);3-10H,1-2H3,(H,17,19);1-2H3. The van der Waals surface area contributed by atoms with E-state index in [2.05, 4.69) is 68.7 Å². The van der Waals surface area contributed by atoms with Crippen LogP contribution in [0.25, 0.3) is 43.4 Å². The van der Waals surface area contributed by atoms with E-state index in [-0.39, 0.29) is 0 Å². The molecule has 9 heteroatoms. The van der Waals surface area contributed by atoms with Crippen LogP contribution in [0.2, 0.25) is 5.02 Å². The van der Waals surface area contributed by atoms with E-state index in [1.807, 2.05) is 88.0 Å². The van der Waals surface area contributed by atoms with Gasteiger partial charge in [-0.15, -0.1) is 0 Å². The van der Waals surface area contributed by atoms with Gasteiger partial charge in [0.2, 0.25) is 0 Å². The molecular weight excluding hydrogens is 604 g/mol. The van der Waals surface area contributed by atoms with Crippen molar-refractivity contribution in [1.82, 2.24) is 19.9 Å². The van der Waals surface area contributed by atoms with E-state index in [0.29, 0.717) is 5.02 Å². The van der Waals surface area contributed by atoms with Gasteiger partial charge < -0.3 is 10.6 Å². The lowest BCUT2D eigenvalue weighted by molar-refractivity contribution is 0.976. The first-order valence-electron chi connectivity index (χ1n) is 14.6. The molecule has 0 bridgehead atoms. The van der Waals surface area contributed by atoms with Crippen LogP contribution in [0.1, 0.15) is 32.8 Å². The normalized spacial score (nSPS) is 10.2. The molecule has 0 aliphatic rings. The fraction of sp³-hybridized carbons (Fsp3) is 0.200. The zero-order valence-corrected chi connectivity index (χ0v) is 28.0. The highest BCUT2D eigenvalue weighted by molar-refractivity contribution is 7.19. The summed E-state index contributed by atoms with van der Waals surface area (Å²) in [5.41, 5.74) is 7.55. The molecule has 6 nitrogen and oxygen atoms in total. The van der Waals surface area contributed by atoms with Crippen molar-refractivity contribution in [2.75, 3.05) is 24.2 Å². The molecule has 0 saturated carbocycles. The van der Waals surface area contributed by atoms with E-state index in [1.54, 1.807) is 28.9 Å². The predicted molar refractivity (Wildman–Crippen MR) is 191 cm³/mol. The van der Waals surface area contributed by atoms with Gasteiger partial charge in [-0.05, 0) is 55.3 Å². The maximum Gasteiger partial charge on any atom is 0.183 e. The number of hydrogen-bond donors (Lipinski definition) is 2.